The van der Waals surface area contributed by atoms with Crippen LogP contribution in [-0.4, -0.2) is 31.1 Å². The van der Waals surface area contributed by atoms with Crippen molar-refractivity contribution in [3.05, 3.63) is 29.3 Å². The van der Waals surface area contributed by atoms with Gasteiger partial charge in [0.25, 0.3) is 5.91 Å². The quantitative estimate of drug-likeness (QED) is 0.877. The van der Waals surface area contributed by atoms with Crippen molar-refractivity contribution in [1.82, 2.24) is 5.32 Å². The molecule has 2 unspecified atom stereocenters. The molecular formula is C15H18N2O3. The molecule has 3 rings (SSSR count). The second-order valence-corrected chi connectivity index (χ2v) is 5.44. The Morgan fingerprint density at radius 2 is 2.25 bits per heavy atom. The Morgan fingerprint density at radius 3 is 3.00 bits per heavy atom. The van der Waals surface area contributed by atoms with E-state index in [0.717, 1.165) is 30.5 Å². The largest absolute Gasteiger partial charge is 0.381 e. The van der Waals surface area contributed by atoms with E-state index in [2.05, 4.69) is 10.6 Å². The number of anilines is 1. The van der Waals surface area contributed by atoms with Gasteiger partial charge in [0, 0.05) is 24.4 Å². The number of methoxy groups -OCH3 is 1. The first-order valence-electron chi connectivity index (χ1n) is 6.92. The van der Waals surface area contributed by atoms with Crippen LogP contribution in [0, 0.1) is 0 Å². The average Bonchev–Trinajstić information content (AvgIpc) is 3.02. The van der Waals surface area contributed by atoms with Crippen molar-refractivity contribution < 1.29 is 14.3 Å². The van der Waals surface area contributed by atoms with Crippen molar-refractivity contribution in [2.75, 3.05) is 12.4 Å². The fourth-order valence-electron chi connectivity index (χ4n) is 2.92. The highest BCUT2D eigenvalue weighted by Gasteiger charge is 2.26. The zero-order chi connectivity index (χ0) is 14.1. The van der Waals surface area contributed by atoms with Crippen molar-refractivity contribution in [1.29, 1.82) is 0 Å². The fourth-order valence-corrected chi connectivity index (χ4v) is 2.92. The van der Waals surface area contributed by atoms with Crippen molar-refractivity contribution in [2.24, 2.45) is 0 Å². The molecule has 1 fully saturated rings. The highest BCUT2D eigenvalue weighted by atomic mass is 16.5. The summed E-state index contributed by atoms with van der Waals surface area (Å²) in [6.07, 6.45) is 3.42. The van der Waals surface area contributed by atoms with Crippen LogP contribution in [0.1, 0.15) is 35.2 Å². The second kappa shape index (κ2) is 5.25. The Balaban J connectivity index is 1.66. The van der Waals surface area contributed by atoms with E-state index in [4.69, 9.17) is 4.74 Å². The molecule has 2 aliphatic rings. The fraction of sp³-hybridized carbons (Fsp3) is 0.467. The third-order valence-electron chi connectivity index (χ3n) is 4.05. The lowest BCUT2D eigenvalue weighted by atomic mass is 10.1. The van der Waals surface area contributed by atoms with Crippen LogP contribution in [0.5, 0.6) is 0 Å². The molecule has 106 valence electrons. The summed E-state index contributed by atoms with van der Waals surface area (Å²) in [4.78, 5) is 23.5. The maximum atomic E-state index is 12.2. The molecule has 0 aromatic heterocycles. The molecule has 2 atom stereocenters. The molecule has 5 nitrogen and oxygen atoms in total. The minimum atomic E-state index is -0.0751. The first-order chi connectivity index (χ1) is 9.65. The summed E-state index contributed by atoms with van der Waals surface area (Å²) in [5, 5.41) is 5.80. The van der Waals surface area contributed by atoms with Crippen molar-refractivity contribution in [2.45, 2.75) is 37.8 Å². The molecule has 1 aromatic carbocycles. The van der Waals surface area contributed by atoms with Crippen molar-refractivity contribution >= 4 is 17.5 Å². The highest BCUT2D eigenvalue weighted by Crippen LogP contribution is 2.25. The van der Waals surface area contributed by atoms with Gasteiger partial charge in [-0.2, -0.15) is 0 Å². The van der Waals surface area contributed by atoms with E-state index in [1.54, 1.807) is 25.3 Å². The van der Waals surface area contributed by atoms with Gasteiger partial charge in [0.05, 0.1) is 12.5 Å². The molecule has 2 amide bonds. The number of hydrogen-bond acceptors (Lipinski definition) is 3. The molecule has 0 spiro atoms. The van der Waals surface area contributed by atoms with E-state index in [0.29, 0.717) is 12.0 Å². The molecule has 1 saturated carbocycles. The Bertz CT molecular complexity index is 556. The lowest BCUT2D eigenvalue weighted by molar-refractivity contribution is -0.115. The summed E-state index contributed by atoms with van der Waals surface area (Å²) < 4.78 is 5.30. The Morgan fingerprint density at radius 1 is 1.40 bits per heavy atom. The van der Waals surface area contributed by atoms with Crippen LogP contribution in [-0.2, 0) is 16.0 Å². The summed E-state index contributed by atoms with van der Waals surface area (Å²) in [6, 6.07) is 5.52. The number of hydrogen-bond donors (Lipinski definition) is 2. The SMILES string of the molecule is COC1CCC(NC(=O)c2ccc3c(c2)CC(=O)N3)C1. The van der Waals surface area contributed by atoms with Crippen LogP contribution in [0.25, 0.3) is 0 Å². The maximum Gasteiger partial charge on any atom is 0.251 e. The predicted molar refractivity (Wildman–Crippen MR) is 74.7 cm³/mol. The topological polar surface area (TPSA) is 67.4 Å². The number of amides is 2. The van der Waals surface area contributed by atoms with E-state index < -0.39 is 0 Å². The van der Waals surface area contributed by atoms with E-state index >= 15 is 0 Å². The zero-order valence-corrected chi connectivity index (χ0v) is 11.4. The molecule has 1 aliphatic carbocycles. The first-order valence-corrected chi connectivity index (χ1v) is 6.92. The molecule has 0 saturated heterocycles. The third kappa shape index (κ3) is 2.54. The molecule has 1 aromatic rings. The van der Waals surface area contributed by atoms with Crippen LogP contribution < -0.4 is 10.6 Å². The summed E-state index contributed by atoms with van der Waals surface area (Å²) in [5.74, 6) is -0.0924. The van der Waals surface area contributed by atoms with E-state index in [-0.39, 0.29) is 24.0 Å². The highest BCUT2D eigenvalue weighted by molar-refractivity contribution is 6.01. The summed E-state index contributed by atoms with van der Waals surface area (Å²) in [7, 11) is 1.71. The number of ether oxygens (including phenoxy) is 1. The molecule has 1 heterocycles. The minimum Gasteiger partial charge on any atom is -0.381 e. The van der Waals surface area contributed by atoms with Gasteiger partial charge in [-0.1, -0.05) is 0 Å². The van der Waals surface area contributed by atoms with Crippen LogP contribution in [0.4, 0.5) is 5.69 Å². The van der Waals surface area contributed by atoms with Crippen LogP contribution >= 0.6 is 0 Å². The second-order valence-electron chi connectivity index (χ2n) is 5.44. The van der Waals surface area contributed by atoms with Gasteiger partial charge in [-0.25, -0.2) is 0 Å². The predicted octanol–water partition coefficient (Wildman–Crippen LogP) is 1.48. The van der Waals surface area contributed by atoms with Crippen LogP contribution in [0.3, 0.4) is 0 Å². The molecule has 5 heteroatoms. The molecule has 0 bridgehead atoms. The number of rotatable bonds is 3. The van der Waals surface area contributed by atoms with Crippen LogP contribution in [0.15, 0.2) is 18.2 Å². The standard InChI is InChI=1S/C15H18N2O3/c1-20-12-4-3-11(8-12)16-15(19)9-2-5-13-10(6-9)7-14(18)17-13/h2,5-6,11-12H,3-4,7-8H2,1H3,(H,16,19)(H,17,18). The first kappa shape index (κ1) is 13.1. The molecule has 0 radical (unpaired) electrons. The lowest BCUT2D eigenvalue weighted by Gasteiger charge is -2.13. The van der Waals surface area contributed by atoms with E-state index in [1.165, 1.54) is 0 Å². The van der Waals surface area contributed by atoms with Gasteiger partial charge in [-0.3, -0.25) is 9.59 Å². The van der Waals surface area contributed by atoms with E-state index in [1.807, 2.05) is 0 Å². The van der Waals surface area contributed by atoms with Gasteiger partial charge in [0.15, 0.2) is 0 Å². The molecule has 20 heavy (non-hydrogen) atoms. The van der Waals surface area contributed by atoms with Crippen LogP contribution in [0.2, 0.25) is 0 Å². The monoisotopic (exact) mass is 274 g/mol. The van der Waals surface area contributed by atoms with Gasteiger partial charge in [0.2, 0.25) is 5.91 Å². The summed E-state index contributed by atoms with van der Waals surface area (Å²) >= 11 is 0. The molecule has 1 aliphatic heterocycles. The molecule has 2 N–H and O–H groups in total. The van der Waals surface area contributed by atoms with Gasteiger partial charge in [0.1, 0.15) is 0 Å². The maximum absolute atomic E-state index is 12.2. The van der Waals surface area contributed by atoms with Gasteiger partial charge >= 0.3 is 0 Å². The number of fused-ring (bicyclic) bond motifs is 1. The number of nitrogens with one attached hydrogen (secondary N) is 2. The Labute approximate surface area is 117 Å². The lowest BCUT2D eigenvalue weighted by Crippen LogP contribution is -2.33. The minimum absolute atomic E-state index is 0.0173. The summed E-state index contributed by atoms with van der Waals surface area (Å²) in [5.41, 5.74) is 2.32. The van der Waals surface area contributed by atoms with Gasteiger partial charge in [-0.15, -0.1) is 0 Å². The average molecular weight is 274 g/mol. The van der Waals surface area contributed by atoms with Gasteiger partial charge in [-0.05, 0) is 43.0 Å². The van der Waals surface area contributed by atoms with Crippen molar-refractivity contribution in [3.63, 3.8) is 0 Å². The molecular weight excluding hydrogens is 256 g/mol. The van der Waals surface area contributed by atoms with Crippen molar-refractivity contribution in [3.8, 4) is 0 Å². The normalized spacial score (nSPS) is 24.4. The Hall–Kier alpha value is -1.88. The number of carbonyl (C=O) groups excluding carboxylic acids is 2. The summed E-state index contributed by atoms with van der Waals surface area (Å²) in [6.45, 7) is 0. The number of carbonyl (C=O) groups is 2. The number of benzene rings is 1. The Kier molecular flexibility index (Phi) is 3.44. The zero-order valence-electron chi connectivity index (χ0n) is 11.4. The third-order valence-corrected chi connectivity index (χ3v) is 4.05. The smallest absolute Gasteiger partial charge is 0.251 e. The van der Waals surface area contributed by atoms with Gasteiger partial charge < -0.3 is 15.4 Å². The van der Waals surface area contributed by atoms with E-state index in [9.17, 15) is 9.59 Å².